The number of aryl methyl sites for hydroxylation is 1. The normalized spacial score (nSPS) is 10.9. The van der Waals surface area contributed by atoms with Crippen LogP contribution in [0.4, 0.5) is 0 Å². The van der Waals surface area contributed by atoms with Crippen LogP contribution >= 0.6 is 0 Å². The molecule has 0 saturated heterocycles. The zero-order chi connectivity index (χ0) is 7.78. The van der Waals surface area contributed by atoms with Crippen molar-refractivity contribution in [2.24, 2.45) is 7.05 Å². The quantitative estimate of drug-likeness (QED) is 0.382. The Morgan fingerprint density at radius 2 is 1.82 bits per heavy atom. The molecule has 0 spiro atoms. The van der Waals surface area contributed by atoms with E-state index in [-0.39, 0.29) is 29.5 Å². The third-order valence-corrected chi connectivity index (χ3v) is 1.54. The summed E-state index contributed by atoms with van der Waals surface area (Å²) in [5.74, 6) is 0. The molecule has 11 heavy (non-hydrogen) atoms. The lowest BCUT2D eigenvalue weighted by Gasteiger charge is -2.13. The topological polar surface area (TPSA) is 8.81 Å². The molecule has 64 valence electrons. The highest BCUT2D eigenvalue weighted by Gasteiger charge is 2.17. The van der Waals surface area contributed by atoms with Crippen LogP contribution in [-0.2, 0) is 12.6 Å². The van der Waals surface area contributed by atoms with E-state index in [2.05, 4.69) is 37.9 Å². The lowest BCUT2D eigenvalue weighted by Crippen LogP contribution is -3.00. The van der Waals surface area contributed by atoms with Gasteiger partial charge < -0.3 is 24.0 Å². The van der Waals surface area contributed by atoms with Gasteiger partial charge in [0, 0.05) is 0 Å². The van der Waals surface area contributed by atoms with Crippen LogP contribution in [-0.4, -0.2) is 4.57 Å². The standard InChI is InChI=1S/C8H15N2.HI/c1-8(2,3)10-6-5-9(4)7-10;/h5-7H,1-4H3;1H/q+1;/p-1. The Morgan fingerprint density at radius 3 is 2.00 bits per heavy atom. The summed E-state index contributed by atoms with van der Waals surface area (Å²) in [6.45, 7) is 6.56. The molecule has 0 N–H and O–H groups in total. The molecule has 0 atom stereocenters. The Hall–Kier alpha value is -0.0600. The van der Waals surface area contributed by atoms with Crippen molar-refractivity contribution >= 4 is 0 Å². The lowest BCUT2D eigenvalue weighted by atomic mass is 10.1. The van der Waals surface area contributed by atoms with Gasteiger partial charge in [-0.3, -0.25) is 0 Å². The van der Waals surface area contributed by atoms with Crippen LogP contribution in [0.3, 0.4) is 0 Å². The summed E-state index contributed by atoms with van der Waals surface area (Å²) in [5, 5.41) is 0. The van der Waals surface area contributed by atoms with E-state index in [4.69, 9.17) is 0 Å². The summed E-state index contributed by atoms with van der Waals surface area (Å²) in [6, 6.07) is 0. The largest absolute Gasteiger partial charge is 1.00 e. The predicted molar refractivity (Wildman–Crippen MR) is 40.6 cm³/mol. The summed E-state index contributed by atoms with van der Waals surface area (Å²) in [7, 11) is 2.03. The van der Waals surface area contributed by atoms with Crippen molar-refractivity contribution in [3.63, 3.8) is 0 Å². The highest BCUT2D eigenvalue weighted by Crippen LogP contribution is 2.10. The van der Waals surface area contributed by atoms with Gasteiger partial charge in [-0.25, -0.2) is 9.13 Å². The fraction of sp³-hybridized carbons (Fsp3) is 0.625. The van der Waals surface area contributed by atoms with E-state index in [1.54, 1.807) is 0 Å². The molecule has 0 aliphatic rings. The number of nitrogens with zero attached hydrogens (tertiary/aromatic N) is 2. The van der Waals surface area contributed by atoms with Gasteiger partial charge in [-0.15, -0.1) is 0 Å². The molecular weight excluding hydrogens is 251 g/mol. The van der Waals surface area contributed by atoms with E-state index in [9.17, 15) is 0 Å². The maximum absolute atomic E-state index is 2.19. The predicted octanol–water partition coefficient (Wildman–Crippen LogP) is -1.93. The van der Waals surface area contributed by atoms with Crippen molar-refractivity contribution in [3.05, 3.63) is 18.7 Å². The lowest BCUT2D eigenvalue weighted by molar-refractivity contribution is -0.671. The smallest absolute Gasteiger partial charge is 0.243 e. The van der Waals surface area contributed by atoms with Crippen molar-refractivity contribution in [1.29, 1.82) is 0 Å². The second-order valence-electron chi connectivity index (χ2n) is 3.66. The molecule has 0 aliphatic heterocycles. The van der Waals surface area contributed by atoms with Gasteiger partial charge in [0.05, 0.1) is 7.05 Å². The molecule has 0 aliphatic carbocycles. The van der Waals surface area contributed by atoms with Crippen LogP contribution in [0.25, 0.3) is 0 Å². The van der Waals surface area contributed by atoms with Crippen molar-refractivity contribution < 1.29 is 28.5 Å². The Balaban J connectivity index is 0.000001000. The minimum Gasteiger partial charge on any atom is -1.00 e. The number of halogens is 1. The van der Waals surface area contributed by atoms with Gasteiger partial charge in [0.25, 0.3) is 0 Å². The molecule has 1 heterocycles. The van der Waals surface area contributed by atoms with Crippen molar-refractivity contribution in [1.82, 2.24) is 4.57 Å². The van der Waals surface area contributed by atoms with E-state index < -0.39 is 0 Å². The third kappa shape index (κ3) is 2.81. The fourth-order valence-electron chi connectivity index (χ4n) is 0.847. The Labute approximate surface area is 85.2 Å². The molecule has 0 bridgehead atoms. The molecule has 1 aromatic rings. The fourth-order valence-corrected chi connectivity index (χ4v) is 0.847. The highest BCUT2D eigenvalue weighted by atomic mass is 127. The molecule has 1 rings (SSSR count). The molecule has 3 heteroatoms. The van der Waals surface area contributed by atoms with Gasteiger partial charge >= 0.3 is 0 Å². The zero-order valence-corrected chi connectivity index (χ0v) is 9.66. The van der Waals surface area contributed by atoms with Crippen LogP contribution in [0.15, 0.2) is 18.7 Å². The van der Waals surface area contributed by atoms with Gasteiger partial charge in [0.1, 0.15) is 17.9 Å². The second kappa shape index (κ2) is 3.56. The molecule has 0 unspecified atom stereocenters. The number of rotatable bonds is 0. The number of aromatic nitrogens is 2. The third-order valence-electron chi connectivity index (χ3n) is 1.54. The molecule has 0 aromatic carbocycles. The summed E-state index contributed by atoms with van der Waals surface area (Å²) in [5.41, 5.74) is 0.210. The number of imidazole rings is 1. The monoisotopic (exact) mass is 266 g/mol. The Bertz CT molecular complexity index is 222. The maximum Gasteiger partial charge on any atom is 0.243 e. The van der Waals surface area contributed by atoms with E-state index in [1.165, 1.54) is 0 Å². The summed E-state index contributed by atoms with van der Waals surface area (Å²) in [6.07, 6.45) is 6.21. The molecule has 0 amide bonds. The summed E-state index contributed by atoms with van der Waals surface area (Å²) < 4.78 is 4.23. The second-order valence-corrected chi connectivity index (χ2v) is 3.66. The van der Waals surface area contributed by atoms with Crippen molar-refractivity contribution in [2.75, 3.05) is 0 Å². The highest BCUT2D eigenvalue weighted by molar-refractivity contribution is 4.77. The van der Waals surface area contributed by atoms with Gasteiger partial charge in [-0.05, 0) is 20.8 Å². The average molecular weight is 266 g/mol. The van der Waals surface area contributed by atoms with E-state index >= 15 is 0 Å². The number of hydrogen-bond donors (Lipinski definition) is 0. The van der Waals surface area contributed by atoms with Crippen LogP contribution in [0.2, 0.25) is 0 Å². The van der Waals surface area contributed by atoms with Crippen LogP contribution in [0.1, 0.15) is 20.8 Å². The first-order valence-electron chi connectivity index (χ1n) is 3.54. The van der Waals surface area contributed by atoms with E-state index in [0.29, 0.717) is 0 Å². The first-order valence-corrected chi connectivity index (χ1v) is 3.54. The molecule has 1 aromatic heterocycles. The summed E-state index contributed by atoms with van der Waals surface area (Å²) in [4.78, 5) is 0. The number of hydrogen-bond acceptors (Lipinski definition) is 0. The van der Waals surface area contributed by atoms with Gasteiger partial charge in [0.15, 0.2) is 0 Å². The minimum absolute atomic E-state index is 0. The summed E-state index contributed by atoms with van der Waals surface area (Å²) >= 11 is 0. The van der Waals surface area contributed by atoms with Crippen molar-refractivity contribution in [2.45, 2.75) is 26.3 Å². The first-order chi connectivity index (χ1) is 4.50. The van der Waals surface area contributed by atoms with Crippen LogP contribution in [0.5, 0.6) is 0 Å². The molecule has 2 nitrogen and oxygen atoms in total. The molecule has 0 saturated carbocycles. The van der Waals surface area contributed by atoms with E-state index in [1.807, 2.05) is 17.8 Å². The maximum atomic E-state index is 2.19. The van der Waals surface area contributed by atoms with Crippen molar-refractivity contribution in [3.8, 4) is 0 Å². The van der Waals surface area contributed by atoms with Gasteiger partial charge in [-0.1, -0.05) is 0 Å². The van der Waals surface area contributed by atoms with Gasteiger partial charge in [-0.2, -0.15) is 0 Å². The zero-order valence-electron chi connectivity index (χ0n) is 7.50. The molecular formula is C8H15IN2. The Kier molecular flexibility index (Phi) is 3.54. The molecule has 0 radical (unpaired) electrons. The van der Waals surface area contributed by atoms with Crippen LogP contribution < -0.4 is 28.5 Å². The van der Waals surface area contributed by atoms with E-state index in [0.717, 1.165) is 0 Å². The molecule has 0 fully saturated rings. The first kappa shape index (κ1) is 10.9. The average Bonchev–Trinajstić information content (AvgIpc) is 2.11. The SMILES string of the molecule is C[n+]1ccn(C(C)(C)C)c1.[I-]. The minimum atomic E-state index is 0. The van der Waals surface area contributed by atoms with Crippen LogP contribution in [0, 0.1) is 0 Å². The Morgan fingerprint density at radius 1 is 1.27 bits per heavy atom. The van der Waals surface area contributed by atoms with Gasteiger partial charge in [0.2, 0.25) is 6.33 Å².